The van der Waals surface area contributed by atoms with Gasteiger partial charge in [-0.25, -0.2) is 32.2 Å². The van der Waals surface area contributed by atoms with Gasteiger partial charge in [0.15, 0.2) is 5.30 Å². The fourth-order valence-electron chi connectivity index (χ4n) is 6.90. The van der Waals surface area contributed by atoms with Crippen LogP contribution in [0, 0.1) is 36.0 Å². The number of benzene rings is 1. The first-order valence-corrected chi connectivity index (χ1v) is 15.1. The van der Waals surface area contributed by atoms with Crippen LogP contribution in [0.3, 0.4) is 0 Å². The fraction of sp³-hybridized carbons (Fsp3) is 0.679. The van der Waals surface area contributed by atoms with E-state index < -0.39 is 36.3 Å². The van der Waals surface area contributed by atoms with E-state index in [0.29, 0.717) is 0 Å². The predicted octanol–water partition coefficient (Wildman–Crippen LogP) is 9.42. The first-order valence-electron chi connectivity index (χ1n) is 13.1. The summed E-state index contributed by atoms with van der Waals surface area (Å²) in [6.45, 7) is 8.75. The van der Waals surface area contributed by atoms with Gasteiger partial charge in [-0.2, -0.15) is 8.78 Å². The predicted molar refractivity (Wildman–Crippen MR) is 134 cm³/mol. The van der Waals surface area contributed by atoms with Crippen molar-refractivity contribution in [2.24, 2.45) is 0 Å². The maximum Gasteiger partial charge on any atom is 0.207 e. The van der Waals surface area contributed by atoms with Gasteiger partial charge in [0.25, 0.3) is 0 Å². The molecule has 0 N–H and O–H groups in total. The topological polar surface area (TPSA) is 0 Å². The standard InChI is InChI=1S/C24H33F5P.C4H7.Ni/c25-19-20(26)22(28)24(23(29)21(19)27)30(16-10-4-1-5-11-16,17-12-6-2-7-13-17)18-14-8-3-9-15-18;1-4(2)3;/h16-18H,1-15H2;1-2H2,3H3;/q+1;-1;. The molecule has 0 atom stereocenters. The quantitative estimate of drug-likeness (QED) is 0.0859. The third-order valence-corrected chi connectivity index (χ3v) is 14.5. The van der Waals surface area contributed by atoms with Crippen molar-refractivity contribution in [2.75, 3.05) is 0 Å². The summed E-state index contributed by atoms with van der Waals surface area (Å²) in [6, 6.07) is 0. The van der Waals surface area contributed by atoms with Crippen molar-refractivity contribution in [3.05, 3.63) is 48.2 Å². The number of rotatable bonds is 4. The third kappa shape index (κ3) is 6.46. The average molecular weight is 561 g/mol. The maximum absolute atomic E-state index is 15.5. The van der Waals surface area contributed by atoms with Crippen LogP contribution in [0.15, 0.2) is 12.2 Å². The van der Waals surface area contributed by atoms with Gasteiger partial charge >= 0.3 is 0 Å². The zero-order valence-corrected chi connectivity index (χ0v) is 22.8. The van der Waals surface area contributed by atoms with Gasteiger partial charge in [-0.1, -0.05) is 26.2 Å². The zero-order chi connectivity index (χ0) is 24.9. The second kappa shape index (κ2) is 13.8. The van der Waals surface area contributed by atoms with Crippen LogP contribution in [0.4, 0.5) is 22.0 Å². The molecular formula is C28H40F5NiP. The van der Waals surface area contributed by atoms with Crippen LogP contribution in [0.25, 0.3) is 0 Å². The van der Waals surface area contributed by atoms with Crippen molar-refractivity contribution in [1.82, 2.24) is 0 Å². The summed E-state index contributed by atoms with van der Waals surface area (Å²) in [5.41, 5.74) is 1.22. The molecule has 3 fully saturated rings. The van der Waals surface area contributed by atoms with E-state index in [-0.39, 0.29) is 38.8 Å². The summed E-state index contributed by atoms with van der Waals surface area (Å²) < 4.78 is 73.9. The molecule has 3 aliphatic rings. The van der Waals surface area contributed by atoms with Gasteiger partial charge in [0, 0.05) is 16.5 Å². The minimum atomic E-state index is -2.62. The molecule has 35 heavy (non-hydrogen) atoms. The van der Waals surface area contributed by atoms with Crippen LogP contribution in [-0.2, 0) is 16.5 Å². The molecule has 0 bridgehead atoms. The molecule has 0 saturated heterocycles. The Labute approximate surface area is 219 Å². The van der Waals surface area contributed by atoms with E-state index in [2.05, 4.69) is 13.5 Å². The van der Waals surface area contributed by atoms with Crippen molar-refractivity contribution in [2.45, 2.75) is 120 Å². The van der Waals surface area contributed by atoms with Crippen LogP contribution in [0.1, 0.15) is 103 Å². The Morgan fingerprint density at radius 3 is 1.09 bits per heavy atom. The van der Waals surface area contributed by atoms with Crippen molar-refractivity contribution < 1.29 is 38.4 Å². The van der Waals surface area contributed by atoms with Crippen LogP contribution in [0.5, 0.6) is 0 Å². The summed E-state index contributed by atoms with van der Waals surface area (Å²) in [6.07, 6.45) is 14.6. The molecule has 0 heterocycles. The van der Waals surface area contributed by atoms with Crippen LogP contribution in [0.2, 0.25) is 0 Å². The molecule has 1 aromatic carbocycles. The third-order valence-electron chi connectivity index (χ3n) is 8.11. The number of halogens is 5. The first-order chi connectivity index (χ1) is 16.2. The number of hydrogen-bond acceptors (Lipinski definition) is 0. The van der Waals surface area contributed by atoms with Crippen LogP contribution >= 0.6 is 7.26 Å². The molecule has 4 rings (SSSR count). The minimum Gasteiger partial charge on any atom is -0.242 e. The molecular weight excluding hydrogens is 521 g/mol. The van der Waals surface area contributed by atoms with Gasteiger partial charge < -0.3 is 0 Å². The Balaban J connectivity index is 0.000000804. The van der Waals surface area contributed by atoms with Crippen LogP contribution < -0.4 is 5.30 Å². The Kier molecular flexibility index (Phi) is 12.1. The normalized spacial score (nSPS) is 20.5. The summed E-state index contributed by atoms with van der Waals surface area (Å²) in [4.78, 5) is 0. The molecule has 0 nitrogen and oxygen atoms in total. The van der Waals surface area contributed by atoms with Gasteiger partial charge in [0.1, 0.15) is 0 Å². The van der Waals surface area contributed by atoms with Crippen molar-refractivity contribution in [1.29, 1.82) is 0 Å². The van der Waals surface area contributed by atoms with Crippen LogP contribution in [-0.4, -0.2) is 17.0 Å². The average Bonchev–Trinajstić information content (AvgIpc) is 2.85. The van der Waals surface area contributed by atoms with Gasteiger partial charge in [0.2, 0.25) is 29.1 Å². The molecule has 3 aliphatic carbocycles. The summed E-state index contributed by atoms with van der Waals surface area (Å²) >= 11 is 0. The molecule has 0 unspecified atom stereocenters. The van der Waals surface area contributed by atoms with E-state index in [4.69, 9.17) is 0 Å². The second-order valence-corrected chi connectivity index (χ2v) is 14.9. The summed E-state index contributed by atoms with van der Waals surface area (Å²) in [5, 5.41) is -0.343. The molecule has 0 aromatic heterocycles. The molecule has 0 aliphatic heterocycles. The van der Waals surface area contributed by atoms with E-state index in [1.807, 2.05) is 6.92 Å². The largest absolute Gasteiger partial charge is 0.242 e. The molecule has 0 amide bonds. The van der Waals surface area contributed by atoms with Gasteiger partial charge in [-0.05, 0) is 77.0 Å². The van der Waals surface area contributed by atoms with E-state index in [0.717, 1.165) is 102 Å². The van der Waals surface area contributed by atoms with Gasteiger partial charge in [-0.15, -0.1) is 0 Å². The summed E-state index contributed by atoms with van der Waals surface area (Å²) in [5.74, 6) is -8.52. The minimum absolute atomic E-state index is 0. The molecule has 3 saturated carbocycles. The van der Waals surface area contributed by atoms with Gasteiger partial charge in [-0.3, -0.25) is 0 Å². The second-order valence-electron chi connectivity index (χ2n) is 10.6. The fourth-order valence-corrected chi connectivity index (χ4v) is 14.3. The van der Waals surface area contributed by atoms with Gasteiger partial charge in [0.05, 0.1) is 24.2 Å². The van der Waals surface area contributed by atoms with Crippen molar-refractivity contribution in [3.63, 3.8) is 0 Å². The smallest absolute Gasteiger partial charge is 0.207 e. The molecule has 1 aromatic rings. The maximum atomic E-state index is 15.5. The molecule has 0 spiro atoms. The zero-order valence-electron chi connectivity index (χ0n) is 20.9. The van der Waals surface area contributed by atoms with Crippen molar-refractivity contribution in [3.8, 4) is 0 Å². The Morgan fingerprint density at radius 2 is 0.829 bits per heavy atom. The summed E-state index contributed by atoms with van der Waals surface area (Å²) in [7, 11) is -2.62. The monoisotopic (exact) mass is 560 g/mol. The van der Waals surface area contributed by atoms with E-state index in [9.17, 15) is 13.2 Å². The Bertz CT molecular complexity index is 762. The van der Waals surface area contributed by atoms with Crippen molar-refractivity contribution >= 4 is 12.6 Å². The number of hydrogen-bond donors (Lipinski definition) is 0. The first kappa shape index (κ1) is 30.6. The van der Waals surface area contributed by atoms with E-state index >= 15 is 8.78 Å². The van der Waals surface area contributed by atoms with E-state index in [1.165, 1.54) is 0 Å². The molecule has 0 radical (unpaired) electrons. The van der Waals surface area contributed by atoms with E-state index in [1.54, 1.807) is 0 Å². The molecule has 7 heteroatoms. The Morgan fingerprint density at radius 1 is 0.600 bits per heavy atom. The molecule has 202 valence electrons. The SMILES string of the molecule is C=C([CH2-])C.Fc1c(F)c(F)c([P+](C2CCCCC2)(C2CCCCC2)C2CCCCC2)c(F)c1F.[Ni]. The number of allylic oxidation sites excluding steroid dienone is 1. The Hall–Kier alpha value is -0.596.